The number of aromatic hydroxyl groups is 1. The molecule has 2 atom stereocenters. The van der Waals surface area contributed by atoms with Crippen LogP contribution in [0.15, 0.2) is 47.5 Å². The molecular formula is C33H33Cl2N3O6. The van der Waals surface area contributed by atoms with Crippen molar-refractivity contribution < 1.29 is 29.0 Å². The number of hydrogen-bond acceptors (Lipinski definition) is 7. The van der Waals surface area contributed by atoms with Gasteiger partial charge in [-0.1, -0.05) is 41.4 Å². The molecule has 0 aliphatic carbocycles. The van der Waals surface area contributed by atoms with Gasteiger partial charge >= 0.3 is 5.97 Å². The number of nitrogens with one attached hydrogen (secondary N) is 2. The highest BCUT2D eigenvalue weighted by molar-refractivity contribution is 6.37. The zero-order valence-electron chi connectivity index (χ0n) is 24.8. The van der Waals surface area contributed by atoms with Gasteiger partial charge in [0, 0.05) is 46.1 Å². The first-order valence-corrected chi connectivity index (χ1v) is 15.1. The minimum atomic E-state index is -1.46. The van der Waals surface area contributed by atoms with Crippen LogP contribution in [0.25, 0.3) is 0 Å². The van der Waals surface area contributed by atoms with Gasteiger partial charge in [0.15, 0.2) is 5.60 Å². The number of phenols is 1. The number of anilines is 1. The summed E-state index contributed by atoms with van der Waals surface area (Å²) in [6.45, 7) is 7.47. The van der Waals surface area contributed by atoms with Crippen molar-refractivity contribution in [3.8, 4) is 11.5 Å². The maximum absolute atomic E-state index is 13.2. The van der Waals surface area contributed by atoms with Crippen LogP contribution in [0, 0.1) is 20.8 Å². The number of hydrogen-bond donors (Lipinski definition) is 3. The average Bonchev–Trinajstić information content (AvgIpc) is 3.13. The smallest absolute Gasteiger partial charge is 0.308 e. The van der Waals surface area contributed by atoms with Crippen molar-refractivity contribution in [2.45, 2.75) is 65.2 Å². The molecule has 0 radical (unpaired) electrons. The van der Waals surface area contributed by atoms with Crippen LogP contribution in [-0.4, -0.2) is 47.0 Å². The number of fused-ring (bicyclic) bond motifs is 2. The van der Waals surface area contributed by atoms with Gasteiger partial charge in [0.1, 0.15) is 11.5 Å². The zero-order valence-corrected chi connectivity index (χ0v) is 26.4. The molecule has 0 spiro atoms. The Hall–Kier alpha value is -4.08. The van der Waals surface area contributed by atoms with Crippen molar-refractivity contribution in [2.75, 3.05) is 11.9 Å². The van der Waals surface area contributed by atoms with Crippen LogP contribution in [0.1, 0.15) is 59.6 Å². The van der Waals surface area contributed by atoms with E-state index in [1.165, 1.54) is 0 Å². The summed E-state index contributed by atoms with van der Waals surface area (Å²) in [5, 5.41) is 16.9. The molecule has 0 bridgehead atoms. The van der Waals surface area contributed by atoms with Crippen molar-refractivity contribution in [2.24, 2.45) is 4.99 Å². The van der Waals surface area contributed by atoms with E-state index in [4.69, 9.17) is 32.7 Å². The van der Waals surface area contributed by atoms with Crippen molar-refractivity contribution in [3.63, 3.8) is 0 Å². The van der Waals surface area contributed by atoms with Gasteiger partial charge in [-0.15, -0.1) is 0 Å². The summed E-state index contributed by atoms with van der Waals surface area (Å²) < 4.78 is 11.7. The molecule has 0 saturated heterocycles. The molecule has 3 N–H and O–H groups in total. The number of halogens is 2. The van der Waals surface area contributed by atoms with E-state index in [1.807, 2.05) is 20.8 Å². The Balaban J connectivity index is 1.22. The maximum Gasteiger partial charge on any atom is 0.308 e. The third kappa shape index (κ3) is 6.12. The quantitative estimate of drug-likeness (QED) is 0.217. The van der Waals surface area contributed by atoms with Crippen LogP contribution in [0.2, 0.25) is 10.0 Å². The number of benzene rings is 3. The summed E-state index contributed by atoms with van der Waals surface area (Å²) in [6, 6.07) is 12.0. The van der Waals surface area contributed by atoms with Gasteiger partial charge in [0.05, 0.1) is 11.4 Å². The third-order valence-electron chi connectivity index (χ3n) is 8.18. The highest BCUT2D eigenvalue weighted by Gasteiger charge is 2.40. The second kappa shape index (κ2) is 12.5. The molecule has 0 saturated carbocycles. The monoisotopic (exact) mass is 637 g/mol. The van der Waals surface area contributed by atoms with Gasteiger partial charge in [0.25, 0.3) is 18.0 Å². The minimum Gasteiger partial charge on any atom is -0.507 e. The Labute approximate surface area is 265 Å². The van der Waals surface area contributed by atoms with E-state index in [1.54, 1.807) is 49.4 Å². The number of phenolic OH excluding ortho intramolecular Hbond substituents is 1. The Bertz CT molecular complexity index is 1710. The van der Waals surface area contributed by atoms with Crippen LogP contribution < -0.4 is 15.4 Å². The molecule has 2 heterocycles. The first-order chi connectivity index (χ1) is 20.9. The van der Waals surface area contributed by atoms with E-state index in [0.717, 1.165) is 22.3 Å². The molecule has 3 aromatic carbocycles. The first kappa shape index (κ1) is 31.3. The molecule has 11 heteroatoms. The minimum absolute atomic E-state index is 0.0586. The molecule has 230 valence electrons. The number of ether oxygens (including phenoxy) is 2. The Morgan fingerprint density at radius 2 is 1.86 bits per heavy atom. The third-order valence-corrected chi connectivity index (χ3v) is 8.75. The van der Waals surface area contributed by atoms with E-state index < -0.39 is 23.7 Å². The van der Waals surface area contributed by atoms with Gasteiger partial charge in [-0.25, -0.2) is 4.99 Å². The normalized spacial score (nSPS) is 19.0. The van der Waals surface area contributed by atoms with E-state index in [2.05, 4.69) is 15.6 Å². The molecule has 2 aliphatic heterocycles. The average molecular weight is 639 g/mol. The molecular weight excluding hydrogens is 605 g/mol. The van der Waals surface area contributed by atoms with Gasteiger partial charge in [-0.2, -0.15) is 0 Å². The predicted octanol–water partition coefficient (Wildman–Crippen LogP) is 5.96. The summed E-state index contributed by atoms with van der Waals surface area (Å²) in [6.07, 6.45) is -0.224. The highest BCUT2D eigenvalue weighted by Crippen LogP contribution is 2.43. The van der Waals surface area contributed by atoms with E-state index in [-0.39, 0.29) is 31.0 Å². The van der Waals surface area contributed by atoms with Crippen LogP contribution in [0.4, 0.5) is 5.69 Å². The number of carbonyl (C=O) groups is 3. The molecule has 0 aromatic heterocycles. The number of carbonyl (C=O) groups excluding carboxylic acids is 3. The number of nitrogens with zero attached hydrogens (tertiary/aromatic N) is 1. The molecule has 2 aliphatic rings. The molecule has 44 heavy (non-hydrogen) atoms. The summed E-state index contributed by atoms with van der Waals surface area (Å²) in [5.41, 5.74) is 4.01. The molecule has 3 aromatic rings. The van der Waals surface area contributed by atoms with E-state index in [0.29, 0.717) is 51.2 Å². The van der Waals surface area contributed by atoms with Crippen molar-refractivity contribution >= 4 is 52.4 Å². The summed E-state index contributed by atoms with van der Waals surface area (Å²) in [5.74, 6) is -0.679. The summed E-state index contributed by atoms with van der Waals surface area (Å²) in [4.78, 5) is 43.5. The Morgan fingerprint density at radius 3 is 2.61 bits per heavy atom. The Morgan fingerprint density at radius 1 is 1.11 bits per heavy atom. The van der Waals surface area contributed by atoms with Gasteiger partial charge in [-0.3, -0.25) is 14.4 Å². The van der Waals surface area contributed by atoms with Crippen molar-refractivity contribution in [1.29, 1.82) is 0 Å². The fourth-order valence-electron chi connectivity index (χ4n) is 5.42. The van der Waals surface area contributed by atoms with E-state index >= 15 is 0 Å². The van der Waals surface area contributed by atoms with Crippen LogP contribution in [0.3, 0.4) is 0 Å². The highest BCUT2D eigenvalue weighted by atomic mass is 35.5. The number of aliphatic imine (C=N–C) groups is 1. The second-order valence-corrected chi connectivity index (χ2v) is 12.0. The molecule has 0 fully saturated rings. The van der Waals surface area contributed by atoms with Gasteiger partial charge in [-0.05, 0) is 81.5 Å². The fourth-order valence-corrected chi connectivity index (χ4v) is 5.82. The van der Waals surface area contributed by atoms with Crippen LogP contribution in [-0.2, 0) is 25.5 Å². The largest absolute Gasteiger partial charge is 0.507 e. The molecule has 2 amide bonds. The van der Waals surface area contributed by atoms with Crippen molar-refractivity contribution in [1.82, 2.24) is 5.32 Å². The summed E-state index contributed by atoms with van der Waals surface area (Å²) >= 11 is 12.7. The zero-order chi connectivity index (χ0) is 31.8. The fraction of sp³-hybridized carbons (Fsp3) is 0.333. The number of benzodiazepines with no additional fused rings is 1. The lowest BCUT2D eigenvalue weighted by atomic mass is 9.86. The maximum atomic E-state index is 13.2. The predicted molar refractivity (Wildman–Crippen MR) is 169 cm³/mol. The topological polar surface area (TPSA) is 126 Å². The Kier molecular flexibility index (Phi) is 8.90. The SMILES string of the molecule is Cc1c(C)c2c(c(C)c1O)CCC(C)(C(=O)NCCCC(=O)OC1N=C(c3ccccc3Cl)c3cc(Cl)ccc3NC1=O)O2. The number of amides is 2. The first-order valence-electron chi connectivity index (χ1n) is 14.3. The number of rotatable bonds is 7. The molecule has 5 rings (SSSR count). The van der Waals surface area contributed by atoms with Crippen molar-refractivity contribution in [3.05, 3.63) is 85.9 Å². The van der Waals surface area contributed by atoms with Crippen LogP contribution in [0.5, 0.6) is 11.5 Å². The number of esters is 1. The standard InChI is InChI=1S/C33H33Cl2N3O6/c1-17-18(2)29-21(19(3)28(17)40)13-14-33(4,44-29)32(42)36-15-7-10-26(39)43-31-30(41)37-25-12-11-20(34)16-23(25)27(38-31)22-8-5-6-9-24(22)35/h5-6,8-9,11-12,16,31,40H,7,10,13-15H2,1-4H3,(H,36,42)(H,37,41). The van der Waals surface area contributed by atoms with Crippen LogP contribution >= 0.6 is 23.2 Å². The second-order valence-electron chi connectivity index (χ2n) is 11.2. The van der Waals surface area contributed by atoms with Gasteiger partial charge < -0.3 is 25.2 Å². The van der Waals surface area contributed by atoms with Gasteiger partial charge in [0.2, 0.25) is 0 Å². The van der Waals surface area contributed by atoms with E-state index in [9.17, 15) is 19.5 Å². The summed E-state index contributed by atoms with van der Waals surface area (Å²) in [7, 11) is 0. The molecule has 9 nitrogen and oxygen atoms in total. The lowest BCUT2D eigenvalue weighted by Gasteiger charge is -2.36. The molecule has 2 unspecified atom stereocenters. The lowest BCUT2D eigenvalue weighted by molar-refractivity contribution is -0.153. The lowest BCUT2D eigenvalue weighted by Crippen LogP contribution is -2.51.